The fraction of sp³-hybridized carbons (Fsp3) is 1.00. The van der Waals surface area contributed by atoms with Gasteiger partial charge in [0.25, 0.3) is 0 Å². The molecule has 1 atom stereocenters. The van der Waals surface area contributed by atoms with Crippen molar-refractivity contribution in [1.82, 2.24) is 15.1 Å². The molecule has 1 aliphatic carbocycles. The lowest BCUT2D eigenvalue weighted by Gasteiger charge is -2.39. The molecule has 0 bridgehead atoms. The molecule has 4 heteroatoms. The van der Waals surface area contributed by atoms with E-state index in [0.717, 1.165) is 39.3 Å². The molecule has 0 aromatic rings. The summed E-state index contributed by atoms with van der Waals surface area (Å²) in [5.74, 6) is 0. The summed E-state index contributed by atoms with van der Waals surface area (Å²) in [6, 6.07) is 0.667. The summed E-state index contributed by atoms with van der Waals surface area (Å²) in [6.45, 7) is 10.6. The number of aliphatic hydroxyl groups is 1. The van der Waals surface area contributed by atoms with Gasteiger partial charge in [0.05, 0.1) is 6.10 Å². The molecule has 1 heterocycles. The minimum absolute atomic E-state index is 0.215. The summed E-state index contributed by atoms with van der Waals surface area (Å²) >= 11 is 0. The van der Waals surface area contributed by atoms with Gasteiger partial charge in [-0.15, -0.1) is 0 Å². The second-order valence-corrected chi connectivity index (χ2v) is 7.54. The smallest absolute Gasteiger partial charge is 0.0793 e. The predicted octanol–water partition coefficient (Wildman–Crippen LogP) is 1.15. The van der Waals surface area contributed by atoms with Crippen molar-refractivity contribution < 1.29 is 5.11 Å². The highest BCUT2D eigenvalue weighted by Crippen LogP contribution is 2.36. The van der Waals surface area contributed by atoms with E-state index in [-0.39, 0.29) is 6.10 Å². The quantitative estimate of drug-likeness (QED) is 0.794. The van der Waals surface area contributed by atoms with Crippen LogP contribution >= 0.6 is 0 Å². The molecule has 0 amide bonds. The van der Waals surface area contributed by atoms with E-state index >= 15 is 0 Å². The molecule has 1 aliphatic heterocycles. The monoisotopic (exact) mass is 283 g/mol. The first-order valence-electron chi connectivity index (χ1n) is 8.28. The van der Waals surface area contributed by atoms with Crippen LogP contribution in [-0.4, -0.2) is 73.4 Å². The van der Waals surface area contributed by atoms with Crippen molar-refractivity contribution in [1.29, 1.82) is 0 Å². The number of hydrogen-bond acceptors (Lipinski definition) is 4. The minimum atomic E-state index is -0.215. The number of nitrogens with one attached hydrogen (secondary N) is 1. The summed E-state index contributed by atoms with van der Waals surface area (Å²) in [4.78, 5) is 4.76. The maximum Gasteiger partial charge on any atom is 0.0793 e. The maximum atomic E-state index is 10.3. The molecule has 4 nitrogen and oxygen atoms in total. The van der Waals surface area contributed by atoms with Crippen molar-refractivity contribution in [3.8, 4) is 0 Å². The third-order valence-electron chi connectivity index (χ3n) is 5.11. The zero-order valence-corrected chi connectivity index (χ0v) is 13.6. The topological polar surface area (TPSA) is 38.7 Å². The van der Waals surface area contributed by atoms with Crippen LogP contribution in [0.25, 0.3) is 0 Å². The van der Waals surface area contributed by atoms with Crippen LogP contribution in [0, 0.1) is 5.41 Å². The van der Waals surface area contributed by atoms with Gasteiger partial charge in [-0.2, -0.15) is 0 Å². The first-order valence-corrected chi connectivity index (χ1v) is 8.28. The second kappa shape index (κ2) is 7.21. The molecule has 1 saturated heterocycles. The Hall–Kier alpha value is -0.160. The van der Waals surface area contributed by atoms with Crippen LogP contribution in [0.5, 0.6) is 0 Å². The number of hydrogen-bond donors (Lipinski definition) is 2. The first-order chi connectivity index (χ1) is 9.46. The molecule has 0 radical (unpaired) electrons. The molecule has 0 aromatic heterocycles. The Morgan fingerprint density at radius 2 is 1.85 bits per heavy atom. The minimum Gasteiger partial charge on any atom is -0.390 e. The second-order valence-electron chi connectivity index (χ2n) is 7.54. The third-order valence-corrected chi connectivity index (χ3v) is 5.11. The van der Waals surface area contributed by atoms with E-state index in [1.807, 2.05) is 0 Å². The zero-order chi connectivity index (χ0) is 14.6. The van der Waals surface area contributed by atoms with Crippen molar-refractivity contribution in [2.45, 2.75) is 51.7 Å². The number of aliphatic hydroxyl groups excluding tert-OH is 1. The van der Waals surface area contributed by atoms with Crippen molar-refractivity contribution in [2.75, 3.05) is 46.3 Å². The number of piperazine rings is 1. The molecular weight excluding hydrogens is 250 g/mol. The van der Waals surface area contributed by atoms with Gasteiger partial charge in [0.2, 0.25) is 0 Å². The highest BCUT2D eigenvalue weighted by atomic mass is 16.3. The zero-order valence-electron chi connectivity index (χ0n) is 13.6. The highest BCUT2D eigenvalue weighted by Gasteiger charge is 2.29. The molecular formula is C16H33N3O. The van der Waals surface area contributed by atoms with Crippen LogP contribution in [0.1, 0.15) is 39.5 Å². The Kier molecular flexibility index (Phi) is 5.84. The van der Waals surface area contributed by atoms with Crippen LogP contribution in [-0.2, 0) is 0 Å². The lowest BCUT2D eigenvalue weighted by molar-refractivity contribution is 0.0479. The van der Waals surface area contributed by atoms with E-state index in [4.69, 9.17) is 0 Å². The van der Waals surface area contributed by atoms with Crippen LogP contribution < -0.4 is 5.32 Å². The summed E-state index contributed by atoms with van der Waals surface area (Å²) in [6.07, 6.45) is 4.98. The average molecular weight is 283 g/mol. The molecule has 2 rings (SSSR count). The van der Waals surface area contributed by atoms with Gasteiger partial charge in [0, 0.05) is 45.3 Å². The largest absolute Gasteiger partial charge is 0.390 e. The fourth-order valence-corrected chi connectivity index (χ4v) is 3.56. The van der Waals surface area contributed by atoms with Gasteiger partial charge in [-0.3, -0.25) is 4.90 Å². The average Bonchev–Trinajstić information content (AvgIpc) is 2.39. The molecule has 2 aliphatic rings. The molecule has 0 spiro atoms. The first kappa shape index (κ1) is 16.2. The standard InChI is InChI=1S/C16H33N3O/c1-16(2)6-4-14(5-7-16)18(3)12-15(20)13-19-10-8-17-9-11-19/h14-15,17,20H,4-13H2,1-3H3. The lowest BCUT2D eigenvalue weighted by Crippen LogP contribution is -2.49. The number of nitrogens with zero attached hydrogens (tertiary/aromatic N) is 2. The van der Waals surface area contributed by atoms with Gasteiger partial charge in [0.15, 0.2) is 0 Å². The Bertz CT molecular complexity index is 279. The van der Waals surface area contributed by atoms with Crippen molar-refractivity contribution in [3.05, 3.63) is 0 Å². The molecule has 2 N–H and O–H groups in total. The van der Waals surface area contributed by atoms with Gasteiger partial charge >= 0.3 is 0 Å². The van der Waals surface area contributed by atoms with E-state index in [1.165, 1.54) is 25.7 Å². The molecule has 1 saturated carbocycles. The van der Waals surface area contributed by atoms with E-state index < -0.39 is 0 Å². The van der Waals surface area contributed by atoms with Gasteiger partial charge in [-0.05, 0) is 38.1 Å². The Balaban J connectivity index is 1.69. The maximum absolute atomic E-state index is 10.3. The number of likely N-dealkylation sites (N-methyl/N-ethyl adjacent to an activating group) is 1. The summed E-state index contributed by atoms with van der Waals surface area (Å²) in [5.41, 5.74) is 0.525. The van der Waals surface area contributed by atoms with E-state index in [0.29, 0.717) is 11.5 Å². The van der Waals surface area contributed by atoms with Crippen LogP contribution in [0.15, 0.2) is 0 Å². The number of β-amino-alcohol motifs (C(OH)–C–C–N with tert-alkyl or cyclic N) is 1. The molecule has 1 unspecified atom stereocenters. The Morgan fingerprint density at radius 1 is 1.25 bits per heavy atom. The van der Waals surface area contributed by atoms with Crippen LogP contribution in [0.2, 0.25) is 0 Å². The Labute approximate surface area is 124 Å². The molecule has 118 valence electrons. The van der Waals surface area contributed by atoms with Crippen molar-refractivity contribution >= 4 is 0 Å². The fourth-order valence-electron chi connectivity index (χ4n) is 3.56. The number of rotatable bonds is 5. The summed E-state index contributed by atoms with van der Waals surface area (Å²) in [7, 11) is 2.18. The van der Waals surface area contributed by atoms with Gasteiger partial charge in [-0.1, -0.05) is 13.8 Å². The summed E-state index contributed by atoms with van der Waals surface area (Å²) < 4.78 is 0. The van der Waals surface area contributed by atoms with Gasteiger partial charge in [0.1, 0.15) is 0 Å². The lowest BCUT2D eigenvalue weighted by atomic mass is 9.75. The van der Waals surface area contributed by atoms with Gasteiger partial charge < -0.3 is 15.3 Å². The molecule has 20 heavy (non-hydrogen) atoms. The highest BCUT2D eigenvalue weighted by molar-refractivity contribution is 4.84. The van der Waals surface area contributed by atoms with Crippen LogP contribution in [0.4, 0.5) is 0 Å². The van der Waals surface area contributed by atoms with E-state index in [9.17, 15) is 5.11 Å². The molecule has 2 fully saturated rings. The van der Waals surface area contributed by atoms with E-state index in [2.05, 4.69) is 36.0 Å². The Morgan fingerprint density at radius 3 is 2.45 bits per heavy atom. The summed E-state index contributed by atoms with van der Waals surface area (Å²) in [5, 5.41) is 13.7. The normalized spacial score (nSPS) is 26.9. The van der Waals surface area contributed by atoms with Crippen LogP contribution in [0.3, 0.4) is 0 Å². The predicted molar refractivity (Wildman–Crippen MR) is 84.0 cm³/mol. The third kappa shape index (κ3) is 4.99. The van der Waals surface area contributed by atoms with Crippen molar-refractivity contribution in [3.63, 3.8) is 0 Å². The van der Waals surface area contributed by atoms with Crippen molar-refractivity contribution in [2.24, 2.45) is 5.41 Å². The molecule has 0 aromatic carbocycles. The van der Waals surface area contributed by atoms with Gasteiger partial charge in [-0.25, -0.2) is 0 Å². The van der Waals surface area contributed by atoms with E-state index in [1.54, 1.807) is 0 Å². The SMILES string of the molecule is CN(CC(O)CN1CCNCC1)C1CCC(C)(C)CC1.